The van der Waals surface area contributed by atoms with Gasteiger partial charge in [-0.25, -0.2) is 0 Å². The van der Waals surface area contributed by atoms with E-state index >= 15 is 0 Å². The number of Topliss-reactive ketones (excluding diaryl/α,β-unsaturated/α-hetero) is 1. The van der Waals surface area contributed by atoms with Crippen molar-refractivity contribution >= 4 is 5.78 Å². The molecular weight excluding hydrogens is 240 g/mol. The molecule has 1 aromatic heterocycles. The lowest BCUT2D eigenvalue weighted by Crippen LogP contribution is -2.08. The number of carbonyl (C=O) groups excluding carboxylic acids is 1. The van der Waals surface area contributed by atoms with E-state index in [9.17, 15) is 4.79 Å². The second-order valence-electron chi connectivity index (χ2n) is 4.98. The summed E-state index contributed by atoms with van der Waals surface area (Å²) in [5, 5.41) is 4.06. The maximum absolute atomic E-state index is 12.1. The number of carbonyl (C=O) groups is 1. The summed E-state index contributed by atoms with van der Waals surface area (Å²) < 4.78 is 6.75. The molecule has 0 bridgehead atoms. The van der Waals surface area contributed by atoms with Gasteiger partial charge in [-0.3, -0.25) is 9.48 Å². The molecule has 1 heterocycles. The van der Waals surface area contributed by atoms with Crippen molar-refractivity contribution in [3.63, 3.8) is 0 Å². The van der Waals surface area contributed by atoms with Gasteiger partial charge < -0.3 is 4.74 Å². The number of methoxy groups -OCH3 is 1. The van der Waals surface area contributed by atoms with Crippen LogP contribution in [0.25, 0.3) is 0 Å². The van der Waals surface area contributed by atoms with Crippen LogP contribution < -0.4 is 4.74 Å². The fraction of sp³-hybridized carbons (Fsp3) is 0.733. The van der Waals surface area contributed by atoms with Crippen molar-refractivity contribution in [3.05, 3.63) is 11.9 Å². The number of nitrogens with zero attached hydrogens (tertiary/aromatic N) is 2. The van der Waals surface area contributed by atoms with E-state index in [1.54, 1.807) is 25.0 Å². The molecule has 0 N–H and O–H groups in total. The molecule has 0 spiro atoms. The first-order valence-electron chi connectivity index (χ1n) is 7.29. The van der Waals surface area contributed by atoms with Gasteiger partial charge in [-0.1, -0.05) is 45.4 Å². The Morgan fingerprint density at radius 2 is 1.84 bits per heavy atom. The molecule has 1 rings (SSSR count). The molecule has 0 amide bonds. The lowest BCUT2D eigenvalue weighted by atomic mass is 10.1. The van der Waals surface area contributed by atoms with Crippen LogP contribution in [0.4, 0.5) is 0 Å². The molecular formula is C15H26N2O2. The third-order valence-corrected chi connectivity index (χ3v) is 3.40. The first-order valence-corrected chi connectivity index (χ1v) is 7.29. The highest BCUT2D eigenvalue weighted by atomic mass is 16.5. The molecule has 0 saturated heterocycles. The fourth-order valence-electron chi connectivity index (χ4n) is 2.25. The predicted molar refractivity (Wildman–Crippen MR) is 76.7 cm³/mol. The zero-order chi connectivity index (χ0) is 14.1. The molecule has 0 aliphatic heterocycles. The summed E-state index contributed by atoms with van der Waals surface area (Å²) in [6.07, 6.45) is 10.7. The maximum atomic E-state index is 12.1. The van der Waals surface area contributed by atoms with E-state index in [1.165, 1.54) is 32.1 Å². The third-order valence-electron chi connectivity index (χ3n) is 3.40. The lowest BCUT2D eigenvalue weighted by molar-refractivity contribution is 0.0967. The van der Waals surface area contributed by atoms with Crippen LogP contribution in [0.2, 0.25) is 0 Å². The standard InChI is InChI=1S/C15H26N2O2/c1-4-5-6-7-8-9-10-11-13(18)15-14(19-3)12-16-17(15)2/h12H,4-11H2,1-3H3. The van der Waals surface area contributed by atoms with Crippen molar-refractivity contribution in [1.82, 2.24) is 9.78 Å². The summed E-state index contributed by atoms with van der Waals surface area (Å²) in [5.74, 6) is 0.709. The van der Waals surface area contributed by atoms with Gasteiger partial charge in [0.2, 0.25) is 0 Å². The molecule has 1 aromatic rings. The monoisotopic (exact) mass is 266 g/mol. The van der Waals surface area contributed by atoms with Crippen LogP contribution in [0.15, 0.2) is 6.20 Å². The van der Waals surface area contributed by atoms with Gasteiger partial charge in [0.05, 0.1) is 13.3 Å². The molecule has 0 aliphatic carbocycles. The Hall–Kier alpha value is -1.32. The lowest BCUT2D eigenvalue weighted by Gasteiger charge is -2.04. The SMILES string of the molecule is CCCCCCCCCC(=O)c1c(OC)cnn1C. The number of ketones is 1. The predicted octanol–water partition coefficient (Wildman–Crippen LogP) is 3.75. The van der Waals surface area contributed by atoms with Crippen LogP contribution in [0.1, 0.15) is 68.8 Å². The number of aryl methyl sites for hydroxylation is 1. The maximum Gasteiger partial charge on any atom is 0.184 e. The van der Waals surface area contributed by atoms with E-state index in [0.717, 1.165) is 12.8 Å². The number of hydrogen-bond donors (Lipinski definition) is 0. The quantitative estimate of drug-likeness (QED) is 0.478. The molecule has 0 saturated carbocycles. The number of unbranched alkanes of at least 4 members (excludes halogenated alkanes) is 6. The Bertz CT molecular complexity index is 385. The largest absolute Gasteiger partial charge is 0.493 e. The Morgan fingerprint density at radius 1 is 1.21 bits per heavy atom. The van der Waals surface area contributed by atoms with Gasteiger partial charge in [0, 0.05) is 13.5 Å². The Balaban J connectivity index is 2.26. The van der Waals surface area contributed by atoms with Gasteiger partial charge in [-0.15, -0.1) is 0 Å². The van der Waals surface area contributed by atoms with Crippen molar-refractivity contribution in [2.24, 2.45) is 7.05 Å². The molecule has 0 unspecified atom stereocenters. The number of aromatic nitrogens is 2. The Labute approximate surface area is 116 Å². The van der Waals surface area contributed by atoms with E-state index in [-0.39, 0.29) is 5.78 Å². The van der Waals surface area contributed by atoms with Crippen molar-refractivity contribution in [2.75, 3.05) is 7.11 Å². The topological polar surface area (TPSA) is 44.1 Å². The van der Waals surface area contributed by atoms with E-state index < -0.39 is 0 Å². The molecule has 0 aromatic carbocycles. The van der Waals surface area contributed by atoms with Crippen LogP contribution in [0, 0.1) is 0 Å². The molecule has 0 fully saturated rings. The van der Waals surface area contributed by atoms with Gasteiger partial charge >= 0.3 is 0 Å². The van der Waals surface area contributed by atoms with Crippen LogP contribution >= 0.6 is 0 Å². The summed E-state index contributed by atoms with van der Waals surface area (Å²) >= 11 is 0. The molecule has 19 heavy (non-hydrogen) atoms. The Kier molecular flexibility index (Phi) is 7.23. The zero-order valence-electron chi connectivity index (χ0n) is 12.4. The fourth-order valence-corrected chi connectivity index (χ4v) is 2.25. The average Bonchev–Trinajstić information content (AvgIpc) is 2.78. The minimum atomic E-state index is 0.130. The van der Waals surface area contributed by atoms with Crippen molar-refractivity contribution in [3.8, 4) is 5.75 Å². The average molecular weight is 266 g/mol. The normalized spacial score (nSPS) is 10.7. The van der Waals surface area contributed by atoms with Crippen molar-refractivity contribution < 1.29 is 9.53 Å². The van der Waals surface area contributed by atoms with Gasteiger partial charge in [-0.05, 0) is 6.42 Å². The smallest absolute Gasteiger partial charge is 0.184 e. The summed E-state index contributed by atoms with van der Waals surface area (Å²) in [7, 11) is 3.35. The van der Waals surface area contributed by atoms with Crippen molar-refractivity contribution in [2.45, 2.75) is 58.3 Å². The molecule has 4 heteroatoms. The van der Waals surface area contributed by atoms with E-state index in [4.69, 9.17) is 4.74 Å². The molecule has 0 aliphatic rings. The highest BCUT2D eigenvalue weighted by molar-refractivity contribution is 5.96. The summed E-state index contributed by atoms with van der Waals surface area (Å²) in [5.41, 5.74) is 0.591. The highest BCUT2D eigenvalue weighted by Crippen LogP contribution is 2.19. The highest BCUT2D eigenvalue weighted by Gasteiger charge is 2.16. The zero-order valence-corrected chi connectivity index (χ0v) is 12.4. The minimum Gasteiger partial charge on any atom is -0.493 e. The molecule has 108 valence electrons. The molecule has 4 nitrogen and oxygen atoms in total. The van der Waals surface area contributed by atoms with E-state index in [2.05, 4.69) is 12.0 Å². The third kappa shape index (κ3) is 5.05. The van der Waals surface area contributed by atoms with Crippen LogP contribution in [0.3, 0.4) is 0 Å². The minimum absolute atomic E-state index is 0.130. The van der Waals surface area contributed by atoms with E-state index in [0.29, 0.717) is 17.9 Å². The molecule has 0 radical (unpaired) electrons. The number of rotatable bonds is 10. The van der Waals surface area contributed by atoms with Gasteiger partial charge in [0.1, 0.15) is 5.69 Å². The van der Waals surface area contributed by atoms with E-state index in [1.807, 2.05) is 0 Å². The van der Waals surface area contributed by atoms with Gasteiger partial charge in [0.15, 0.2) is 11.5 Å². The second-order valence-corrected chi connectivity index (χ2v) is 4.98. The van der Waals surface area contributed by atoms with Crippen LogP contribution in [0.5, 0.6) is 5.75 Å². The van der Waals surface area contributed by atoms with Crippen LogP contribution in [-0.2, 0) is 7.05 Å². The first-order chi connectivity index (χ1) is 9.20. The number of ether oxygens (including phenoxy) is 1. The summed E-state index contributed by atoms with van der Waals surface area (Å²) in [6.45, 7) is 2.22. The van der Waals surface area contributed by atoms with Crippen LogP contribution in [-0.4, -0.2) is 22.7 Å². The van der Waals surface area contributed by atoms with Gasteiger partial charge in [-0.2, -0.15) is 5.10 Å². The van der Waals surface area contributed by atoms with Crippen molar-refractivity contribution in [1.29, 1.82) is 0 Å². The summed E-state index contributed by atoms with van der Waals surface area (Å²) in [6, 6.07) is 0. The summed E-state index contributed by atoms with van der Waals surface area (Å²) in [4.78, 5) is 12.1. The molecule has 0 atom stereocenters. The van der Waals surface area contributed by atoms with Gasteiger partial charge in [0.25, 0.3) is 0 Å². The number of hydrogen-bond acceptors (Lipinski definition) is 3. The Morgan fingerprint density at radius 3 is 2.47 bits per heavy atom. The second kappa shape index (κ2) is 8.73. The first kappa shape index (κ1) is 15.7.